The fourth-order valence-corrected chi connectivity index (χ4v) is 2.77. The smallest absolute Gasteiger partial charge is 0.238 e. The van der Waals surface area contributed by atoms with E-state index in [9.17, 15) is 4.79 Å². The number of hydrogen-bond donors (Lipinski definition) is 2. The predicted octanol–water partition coefficient (Wildman–Crippen LogP) is 2.21. The summed E-state index contributed by atoms with van der Waals surface area (Å²) in [5.41, 5.74) is 0.673. The van der Waals surface area contributed by atoms with Gasteiger partial charge in [0, 0.05) is 6.54 Å². The van der Waals surface area contributed by atoms with E-state index in [1.165, 1.54) is 12.8 Å². The number of halogens is 1. The monoisotopic (exact) mass is 295 g/mol. The van der Waals surface area contributed by atoms with Crippen LogP contribution >= 0.6 is 11.6 Å². The molecule has 0 aromatic heterocycles. The highest BCUT2D eigenvalue weighted by molar-refractivity contribution is 6.33. The minimum Gasteiger partial charge on any atom is -0.324 e. The molecule has 0 spiro atoms. The third-order valence-corrected chi connectivity index (χ3v) is 3.86. The van der Waals surface area contributed by atoms with Crippen LogP contribution < -0.4 is 10.6 Å². The van der Waals surface area contributed by atoms with Crippen molar-refractivity contribution in [3.05, 3.63) is 29.3 Å². The number of piperidine rings is 1. The first kappa shape index (κ1) is 15.3. The molecule has 2 rings (SSSR count). The number of nitrogens with zero attached hydrogens (tertiary/aromatic N) is 1. The zero-order valence-electron chi connectivity index (χ0n) is 11.9. The van der Waals surface area contributed by atoms with Crippen LogP contribution in [0.4, 0.5) is 5.69 Å². The molecule has 1 aromatic rings. The summed E-state index contributed by atoms with van der Waals surface area (Å²) >= 11 is 6.02. The van der Waals surface area contributed by atoms with E-state index in [-0.39, 0.29) is 5.91 Å². The summed E-state index contributed by atoms with van der Waals surface area (Å²) in [7, 11) is 1.99. The molecule has 0 bridgehead atoms. The Kier molecular flexibility index (Phi) is 5.83. The van der Waals surface area contributed by atoms with Crippen LogP contribution in [0.3, 0.4) is 0 Å². The van der Waals surface area contributed by atoms with Crippen molar-refractivity contribution in [1.82, 2.24) is 10.2 Å². The molecule has 0 saturated carbocycles. The molecule has 4 nitrogen and oxygen atoms in total. The highest BCUT2D eigenvalue weighted by atomic mass is 35.5. The number of nitrogens with one attached hydrogen (secondary N) is 2. The molecule has 1 fully saturated rings. The van der Waals surface area contributed by atoms with Crippen LogP contribution in [-0.2, 0) is 4.79 Å². The quantitative estimate of drug-likeness (QED) is 0.875. The molecule has 2 N–H and O–H groups in total. The van der Waals surface area contributed by atoms with E-state index < -0.39 is 0 Å². The number of amides is 1. The molecule has 0 aliphatic carbocycles. The van der Waals surface area contributed by atoms with Gasteiger partial charge in [-0.3, -0.25) is 9.69 Å². The number of anilines is 1. The Bertz CT molecular complexity index is 446. The Morgan fingerprint density at radius 1 is 1.50 bits per heavy atom. The van der Waals surface area contributed by atoms with Crippen LogP contribution in [0, 0.1) is 5.92 Å². The van der Waals surface area contributed by atoms with Gasteiger partial charge in [-0.15, -0.1) is 0 Å². The molecular weight excluding hydrogens is 274 g/mol. The first-order valence-corrected chi connectivity index (χ1v) is 7.46. The van der Waals surface area contributed by atoms with Gasteiger partial charge in [-0.1, -0.05) is 23.7 Å². The number of hydrogen-bond acceptors (Lipinski definition) is 3. The van der Waals surface area contributed by atoms with Crippen LogP contribution in [-0.4, -0.2) is 44.0 Å². The van der Waals surface area contributed by atoms with Gasteiger partial charge in [-0.05, 0) is 51.0 Å². The predicted molar refractivity (Wildman–Crippen MR) is 83.2 cm³/mol. The van der Waals surface area contributed by atoms with Crippen LogP contribution in [0.5, 0.6) is 0 Å². The van der Waals surface area contributed by atoms with E-state index in [1.54, 1.807) is 6.07 Å². The standard InChI is InChI=1S/C15H22ClN3O/c1-19(10-12-5-4-8-17-9-12)11-15(20)18-14-7-3-2-6-13(14)16/h2-3,6-7,12,17H,4-5,8-11H2,1H3,(H,18,20). The third-order valence-electron chi connectivity index (χ3n) is 3.53. The van der Waals surface area contributed by atoms with E-state index in [1.807, 2.05) is 25.2 Å². The fraction of sp³-hybridized carbons (Fsp3) is 0.533. The Balaban J connectivity index is 1.77. The average Bonchev–Trinajstić information content (AvgIpc) is 2.42. The zero-order chi connectivity index (χ0) is 14.4. The van der Waals surface area contributed by atoms with Gasteiger partial charge < -0.3 is 10.6 Å². The maximum absolute atomic E-state index is 12.0. The summed E-state index contributed by atoms with van der Waals surface area (Å²) < 4.78 is 0. The summed E-state index contributed by atoms with van der Waals surface area (Å²) in [6.07, 6.45) is 2.47. The molecular formula is C15H22ClN3O. The van der Waals surface area contributed by atoms with E-state index >= 15 is 0 Å². The molecule has 1 aliphatic rings. The first-order valence-electron chi connectivity index (χ1n) is 7.09. The number of benzene rings is 1. The van der Waals surface area contributed by atoms with Gasteiger partial charge in [0.05, 0.1) is 17.3 Å². The Morgan fingerprint density at radius 3 is 3.00 bits per heavy atom. The number of rotatable bonds is 5. The SMILES string of the molecule is CN(CC(=O)Nc1ccccc1Cl)CC1CCCNC1. The fourth-order valence-electron chi connectivity index (χ4n) is 2.58. The lowest BCUT2D eigenvalue weighted by Gasteiger charge is -2.27. The van der Waals surface area contributed by atoms with Crippen LogP contribution in [0.15, 0.2) is 24.3 Å². The average molecular weight is 296 g/mol. The maximum atomic E-state index is 12.0. The molecule has 1 unspecified atom stereocenters. The summed E-state index contributed by atoms with van der Waals surface area (Å²) in [4.78, 5) is 14.1. The Morgan fingerprint density at radius 2 is 2.30 bits per heavy atom. The molecule has 0 radical (unpaired) electrons. The van der Waals surface area contributed by atoms with Crippen molar-refractivity contribution in [1.29, 1.82) is 0 Å². The second kappa shape index (κ2) is 7.62. The second-order valence-electron chi connectivity index (χ2n) is 5.44. The summed E-state index contributed by atoms with van der Waals surface area (Å²) in [6, 6.07) is 7.29. The molecule has 1 heterocycles. The number of carbonyl (C=O) groups excluding carboxylic acids is 1. The number of para-hydroxylation sites is 1. The lowest BCUT2D eigenvalue weighted by Crippen LogP contribution is -2.39. The van der Waals surface area contributed by atoms with Crippen molar-refractivity contribution in [2.24, 2.45) is 5.92 Å². The molecule has 1 aliphatic heterocycles. The second-order valence-corrected chi connectivity index (χ2v) is 5.84. The summed E-state index contributed by atoms with van der Waals surface area (Å²) in [5.74, 6) is 0.617. The highest BCUT2D eigenvalue weighted by Crippen LogP contribution is 2.20. The van der Waals surface area contributed by atoms with E-state index in [2.05, 4.69) is 15.5 Å². The molecule has 1 saturated heterocycles. The molecule has 5 heteroatoms. The van der Waals surface area contributed by atoms with Crippen molar-refractivity contribution in [3.63, 3.8) is 0 Å². The Hall–Kier alpha value is -1.10. The third kappa shape index (κ3) is 4.78. The molecule has 20 heavy (non-hydrogen) atoms. The van der Waals surface area contributed by atoms with Gasteiger partial charge in [0.25, 0.3) is 0 Å². The molecule has 1 aromatic carbocycles. The van der Waals surface area contributed by atoms with Gasteiger partial charge in [0.1, 0.15) is 0 Å². The minimum atomic E-state index is -0.0237. The van der Waals surface area contributed by atoms with Crippen LogP contribution in [0.1, 0.15) is 12.8 Å². The Labute approximate surface area is 125 Å². The van der Waals surface area contributed by atoms with Crippen molar-refractivity contribution in [2.45, 2.75) is 12.8 Å². The largest absolute Gasteiger partial charge is 0.324 e. The zero-order valence-corrected chi connectivity index (χ0v) is 12.6. The van der Waals surface area contributed by atoms with Crippen LogP contribution in [0.2, 0.25) is 5.02 Å². The van der Waals surface area contributed by atoms with Crippen molar-refractivity contribution in [2.75, 3.05) is 38.5 Å². The van der Waals surface area contributed by atoms with Gasteiger partial charge in [-0.25, -0.2) is 0 Å². The van der Waals surface area contributed by atoms with Crippen LogP contribution in [0.25, 0.3) is 0 Å². The molecule has 1 atom stereocenters. The van der Waals surface area contributed by atoms with E-state index in [0.29, 0.717) is 23.2 Å². The lowest BCUT2D eigenvalue weighted by atomic mass is 9.99. The van der Waals surface area contributed by atoms with Gasteiger partial charge in [-0.2, -0.15) is 0 Å². The van der Waals surface area contributed by atoms with Gasteiger partial charge in [0.15, 0.2) is 0 Å². The number of carbonyl (C=O) groups is 1. The first-order chi connectivity index (χ1) is 9.65. The van der Waals surface area contributed by atoms with E-state index in [4.69, 9.17) is 11.6 Å². The lowest BCUT2D eigenvalue weighted by molar-refractivity contribution is -0.117. The minimum absolute atomic E-state index is 0.0237. The topological polar surface area (TPSA) is 44.4 Å². The highest BCUT2D eigenvalue weighted by Gasteiger charge is 2.16. The summed E-state index contributed by atoms with van der Waals surface area (Å²) in [6.45, 7) is 3.51. The number of likely N-dealkylation sites (N-methyl/N-ethyl adjacent to an activating group) is 1. The molecule has 110 valence electrons. The summed E-state index contributed by atoms with van der Waals surface area (Å²) in [5, 5.41) is 6.82. The van der Waals surface area contributed by atoms with Crippen molar-refractivity contribution >= 4 is 23.2 Å². The van der Waals surface area contributed by atoms with Crippen molar-refractivity contribution in [3.8, 4) is 0 Å². The van der Waals surface area contributed by atoms with E-state index in [0.717, 1.165) is 19.6 Å². The maximum Gasteiger partial charge on any atom is 0.238 e. The van der Waals surface area contributed by atoms with Gasteiger partial charge in [0.2, 0.25) is 5.91 Å². The van der Waals surface area contributed by atoms with Crippen molar-refractivity contribution < 1.29 is 4.79 Å². The van der Waals surface area contributed by atoms with Gasteiger partial charge >= 0.3 is 0 Å². The molecule has 1 amide bonds. The normalized spacial score (nSPS) is 19.1.